The molecule has 7 heteroatoms. The lowest BCUT2D eigenvalue weighted by Gasteiger charge is -2.19. The minimum Gasteiger partial charge on any atom is -0.493 e. The molecule has 0 fully saturated rings. The number of aliphatic hydroxyl groups is 1. The van der Waals surface area contributed by atoms with Crippen molar-refractivity contribution >= 4 is 5.91 Å². The molecule has 2 rings (SSSR count). The van der Waals surface area contributed by atoms with Crippen LogP contribution in [0.3, 0.4) is 0 Å². The van der Waals surface area contributed by atoms with Gasteiger partial charge in [-0.3, -0.25) is 9.89 Å². The number of aromatic nitrogens is 2. The summed E-state index contributed by atoms with van der Waals surface area (Å²) in [6.07, 6.45) is 1.47. The van der Waals surface area contributed by atoms with Crippen molar-refractivity contribution in [2.24, 2.45) is 5.92 Å². The highest BCUT2D eigenvalue weighted by molar-refractivity contribution is 6.00. The van der Waals surface area contributed by atoms with E-state index in [0.717, 1.165) is 5.56 Å². The zero-order valence-corrected chi connectivity index (χ0v) is 14.3. The molecule has 1 aromatic carbocycles. The monoisotopic (exact) mass is 333 g/mol. The largest absolute Gasteiger partial charge is 0.493 e. The van der Waals surface area contributed by atoms with E-state index in [1.165, 1.54) is 6.20 Å². The summed E-state index contributed by atoms with van der Waals surface area (Å²) in [6.45, 7) is 3.75. The number of nitrogens with one attached hydrogen (secondary N) is 2. The van der Waals surface area contributed by atoms with Crippen molar-refractivity contribution in [3.63, 3.8) is 0 Å². The summed E-state index contributed by atoms with van der Waals surface area (Å²) in [5, 5.41) is 19.0. The quantitative estimate of drug-likeness (QED) is 0.718. The first-order valence-corrected chi connectivity index (χ1v) is 7.69. The third-order valence-corrected chi connectivity index (χ3v) is 3.87. The van der Waals surface area contributed by atoms with E-state index in [0.29, 0.717) is 22.8 Å². The van der Waals surface area contributed by atoms with Gasteiger partial charge in [0.05, 0.1) is 44.3 Å². The molecule has 0 spiro atoms. The van der Waals surface area contributed by atoms with Gasteiger partial charge >= 0.3 is 0 Å². The molecular formula is C17H23N3O4. The molecule has 0 aliphatic rings. The van der Waals surface area contributed by atoms with E-state index in [4.69, 9.17) is 9.47 Å². The number of carbonyl (C=O) groups excluding carboxylic acids is 1. The number of methoxy groups -OCH3 is 2. The number of hydrogen-bond donors (Lipinski definition) is 3. The topological polar surface area (TPSA) is 96.5 Å². The van der Waals surface area contributed by atoms with E-state index in [1.54, 1.807) is 26.4 Å². The molecule has 1 amide bonds. The maximum atomic E-state index is 12.5. The maximum absolute atomic E-state index is 12.5. The molecule has 0 bridgehead atoms. The van der Waals surface area contributed by atoms with Crippen molar-refractivity contribution < 1.29 is 19.4 Å². The third kappa shape index (κ3) is 3.68. The molecular weight excluding hydrogens is 310 g/mol. The Morgan fingerprint density at radius 1 is 1.29 bits per heavy atom. The van der Waals surface area contributed by atoms with E-state index < -0.39 is 0 Å². The third-order valence-electron chi connectivity index (χ3n) is 3.87. The van der Waals surface area contributed by atoms with E-state index in [9.17, 15) is 9.90 Å². The van der Waals surface area contributed by atoms with Gasteiger partial charge in [0, 0.05) is 5.56 Å². The zero-order chi connectivity index (χ0) is 17.7. The number of nitrogens with zero attached hydrogens (tertiary/aromatic N) is 1. The number of benzene rings is 1. The summed E-state index contributed by atoms with van der Waals surface area (Å²) in [5.41, 5.74) is 1.73. The Balaban J connectivity index is 2.32. The molecule has 130 valence electrons. The van der Waals surface area contributed by atoms with Crippen LogP contribution in [0.2, 0.25) is 0 Å². The van der Waals surface area contributed by atoms with Crippen LogP contribution in [-0.2, 0) is 0 Å². The predicted molar refractivity (Wildman–Crippen MR) is 90.3 cm³/mol. The summed E-state index contributed by atoms with van der Waals surface area (Å²) < 4.78 is 10.5. The summed E-state index contributed by atoms with van der Waals surface area (Å²) >= 11 is 0. The normalized spacial score (nSPS) is 12.1. The Morgan fingerprint density at radius 3 is 2.58 bits per heavy atom. The lowest BCUT2D eigenvalue weighted by atomic mass is 10.0. The van der Waals surface area contributed by atoms with E-state index in [2.05, 4.69) is 15.5 Å². The number of aliphatic hydroxyl groups excluding tert-OH is 1. The second kappa shape index (κ2) is 7.83. The molecule has 2 aromatic rings. The Kier molecular flexibility index (Phi) is 5.81. The fraction of sp³-hybridized carbons (Fsp3) is 0.412. The van der Waals surface area contributed by atoms with Crippen LogP contribution in [0.5, 0.6) is 11.5 Å². The smallest absolute Gasteiger partial charge is 0.255 e. The number of rotatable bonds is 7. The number of amides is 1. The fourth-order valence-electron chi connectivity index (χ4n) is 2.34. The van der Waals surface area contributed by atoms with E-state index in [-0.39, 0.29) is 24.5 Å². The maximum Gasteiger partial charge on any atom is 0.255 e. The fourth-order valence-corrected chi connectivity index (χ4v) is 2.34. The average molecular weight is 333 g/mol. The van der Waals surface area contributed by atoms with Crippen LogP contribution < -0.4 is 14.8 Å². The van der Waals surface area contributed by atoms with Crippen LogP contribution >= 0.6 is 0 Å². The first-order valence-electron chi connectivity index (χ1n) is 7.69. The highest BCUT2D eigenvalue weighted by Gasteiger charge is 2.21. The van der Waals surface area contributed by atoms with Gasteiger partial charge in [-0.2, -0.15) is 5.10 Å². The van der Waals surface area contributed by atoms with Crippen molar-refractivity contribution in [1.29, 1.82) is 0 Å². The minimum absolute atomic E-state index is 0.118. The SMILES string of the molecule is COc1ccc(-c2[nH]ncc2C(=O)NC(CO)C(C)C)cc1OC. The van der Waals surface area contributed by atoms with Gasteiger partial charge in [-0.25, -0.2) is 0 Å². The molecule has 1 heterocycles. The van der Waals surface area contributed by atoms with Crippen LogP contribution in [-0.4, -0.2) is 48.1 Å². The van der Waals surface area contributed by atoms with Gasteiger partial charge in [-0.15, -0.1) is 0 Å². The molecule has 0 radical (unpaired) electrons. The van der Waals surface area contributed by atoms with Crippen LogP contribution in [0.1, 0.15) is 24.2 Å². The predicted octanol–water partition coefficient (Wildman–Crippen LogP) is 1.84. The number of hydrogen-bond acceptors (Lipinski definition) is 5. The molecule has 1 aromatic heterocycles. The number of aromatic amines is 1. The summed E-state index contributed by atoms with van der Waals surface area (Å²) in [6, 6.07) is 5.04. The molecule has 1 unspecified atom stereocenters. The zero-order valence-electron chi connectivity index (χ0n) is 14.3. The highest BCUT2D eigenvalue weighted by atomic mass is 16.5. The summed E-state index contributed by atoms with van der Waals surface area (Å²) in [7, 11) is 3.12. The second-order valence-electron chi connectivity index (χ2n) is 5.73. The lowest BCUT2D eigenvalue weighted by molar-refractivity contribution is 0.0897. The molecule has 0 saturated heterocycles. The Bertz CT molecular complexity index is 697. The Labute approximate surface area is 141 Å². The van der Waals surface area contributed by atoms with E-state index in [1.807, 2.05) is 19.9 Å². The van der Waals surface area contributed by atoms with Crippen LogP contribution in [0.25, 0.3) is 11.3 Å². The number of carbonyl (C=O) groups is 1. The number of H-pyrrole nitrogens is 1. The molecule has 7 nitrogen and oxygen atoms in total. The average Bonchev–Trinajstić information content (AvgIpc) is 3.08. The minimum atomic E-state index is -0.314. The van der Waals surface area contributed by atoms with Crippen molar-refractivity contribution in [3.05, 3.63) is 30.0 Å². The van der Waals surface area contributed by atoms with Gasteiger partial charge in [0.2, 0.25) is 0 Å². The highest BCUT2D eigenvalue weighted by Crippen LogP contribution is 2.32. The molecule has 3 N–H and O–H groups in total. The lowest BCUT2D eigenvalue weighted by Crippen LogP contribution is -2.41. The van der Waals surface area contributed by atoms with Gasteiger partial charge < -0.3 is 19.9 Å². The van der Waals surface area contributed by atoms with Crippen LogP contribution in [0, 0.1) is 5.92 Å². The molecule has 0 saturated carbocycles. The molecule has 0 aliphatic heterocycles. The summed E-state index contributed by atoms with van der Waals surface area (Å²) in [4.78, 5) is 12.5. The Morgan fingerprint density at radius 2 is 2.00 bits per heavy atom. The van der Waals surface area contributed by atoms with Gasteiger partial charge in [0.1, 0.15) is 0 Å². The van der Waals surface area contributed by atoms with Crippen molar-refractivity contribution in [2.45, 2.75) is 19.9 Å². The van der Waals surface area contributed by atoms with Gasteiger partial charge in [0.25, 0.3) is 5.91 Å². The van der Waals surface area contributed by atoms with Crippen molar-refractivity contribution in [2.75, 3.05) is 20.8 Å². The van der Waals surface area contributed by atoms with Crippen LogP contribution in [0.15, 0.2) is 24.4 Å². The van der Waals surface area contributed by atoms with Gasteiger partial charge in [0.15, 0.2) is 11.5 Å². The van der Waals surface area contributed by atoms with Crippen molar-refractivity contribution in [3.8, 4) is 22.8 Å². The van der Waals surface area contributed by atoms with Crippen LogP contribution in [0.4, 0.5) is 0 Å². The molecule has 1 atom stereocenters. The van der Waals surface area contributed by atoms with E-state index >= 15 is 0 Å². The molecule has 24 heavy (non-hydrogen) atoms. The summed E-state index contributed by atoms with van der Waals surface area (Å²) in [5.74, 6) is 0.995. The van der Waals surface area contributed by atoms with Crippen molar-refractivity contribution in [1.82, 2.24) is 15.5 Å². The number of ether oxygens (including phenoxy) is 2. The Hall–Kier alpha value is -2.54. The van der Waals surface area contributed by atoms with Gasteiger partial charge in [-0.05, 0) is 24.1 Å². The first-order chi connectivity index (χ1) is 11.5. The molecule has 0 aliphatic carbocycles. The second-order valence-corrected chi connectivity index (χ2v) is 5.73. The van der Waals surface area contributed by atoms with Gasteiger partial charge in [-0.1, -0.05) is 13.8 Å². The first kappa shape index (κ1) is 17.8. The standard InChI is InChI=1S/C17H23N3O4/c1-10(2)13(9-21)19-17(22)12-8-18-20-16(12)11-5-6-14(23-3)15(7-11)24-4/h5-8,10,13,21H,9H2,1-4H3,(H,18,20)(H,19,22).